The molecule has 2 aromatic carbocycles. The van der Waals surface area contributed by atoms with Crippen LogP contribution in [0.15, 0.2) is 48.7 Å². The van der Waals surface area contributed by atoms with Crippen LogP contribution in [-0.2, 0) is 33.1 Å². The summed E-state index contributed by atoms with van der Waals surface area (Å²) in [5, 5.41) is 0.322. The summed E-state index contributed by atoms with van der Waals surface area (Å²) in [5.74, 6) is 0.357. The molecule has 224 valence electrons. The predicted molar refractivity (Wildman–Crippen MR) is 158 cm³/mol. The summed E-state index contributed by atoms with van der Waals surface area (Å²) in [7, 11) is 1.68. The van der Waals surface area contributed by atoms with E-state index in [1.807, 2.05) is 19.1 Å². The standard InChI is InChI=1S/C32H37ClFN3O5/c1-5-40-30(38)12-10-24-18-35-29(37(24)19-21(2)39-4)20-36-15-13-22(14-16-36)25-7-6-8-28-31(25)42-32(3,41-28)26-11-9-23(33)17-27(26)34/h6-12,17-18,21-22H,5,13-16,19-20H2,1-4H3/b12-10+/t21-,32+/m1/s1. The fraction of sp³-hybridized carbons (Fsp3) is 0.438. The Morgan fingerprint density at radius 1 is 1.26 bits per heavy atom. The van der Waals surface area contributed by atoms with E-state index in [0.29, 0.717) is 41.8 Å². The number of carbonyl (C=O) groups is 1. The van der Waals surface area contributed by atoms with Gasteiger partial charge in [-0.25, -0.2) is 14.2 Å². The van der Waals surface area contributed by atoms with Gasteiger partial charge in [0.2, 0.25) is 0 Å². The zero-order valence-electron chi connectivity index (χ0n) is 24.4. The number of piperidine rings is 1. The molecule has 1 saturated heterocycles. The lowest BCUT2D eigenvalue weighted by Gasteiger charge is -2.32. The third kappa shape index (κ3) is 6.48. The maximum atomic E-state index is 14.8. The summed E-state index contributed by atoms with van der Waals surface area (Å²) in [4.78, 5) is 19.0. The monoisotopic (exact) mass is 597 g/mol. The maximum absolute atomic E-state index is 14.8. The third-order valence-electron chi connectivity index (χ3n) is 7.91. The van der Waals surface area contributed by atoms with Crippen molar-refractivity contribution in [1.29, 1.82) is 0 Å². The van der Waals surface area contributed by atoms with Crippen LogP contribution in [0.2, 0.25) is 5.02 Å². The van der Waals surface area contributed by atoms with Gasteiger partial charge in [0.05, 0.1) is 43.3 Å². The van der Waals surface area contributed by atoms with Crippen LogP contribution in [0.5, 0.6) is 11.5 Å². The van der Waals surface area contributed by atoms with E-state index < -0.39 is 11.6 Å². The van der Waals surface area contributed by atoms with E-state index in [2.05, 4.69) is 15.5 Å². The number of ether oxygens (including phenoxy) is 4. The van der Waals surface area contributed by atoms with Crippen molar-refractivity contribution in [3.63, 3.8) is 0 Å². The quantitative estimate of drug-likeness (QED) is 0.200. The first-order valence-electron chi connectivity index (χ1n) is 14.3. The van der Waals surface area contributed by atoms with Crippen LogP contribution >= 0.6 is 11.6 Å². The van der Waals surface area contributed by atoms with E-state index in [9.17, 15) is 9.18 Å². The zero-order chi connectivity index (χ0) is 29.9. The van der Waals surface area contributed by atoms with E-state index in [1.165, 1.54) is 12.1 Å². The second kappa shape index (κ2) is 12.9. The van der Waals surface area contributed by atoms with Crippen molar-refractivity contribution in [2.24, 2.45) is 0 Å². The Morgan fingerprint density at radius 3 is 2.76 bits per heavy atom. The van der Waals surface area contributed by atoms with Crippen molar-refractivity contribution in [1.82, 2.24) is 14.5 Å². The van der Waals surface area contributed by atoms with Crippen LogP contribution in [0.25, 0.3) is 6.08 Å². The Labute approximate surface area is 251 Å². The van der Waals surface area contributed by atoms with Crippen LogP contribution < -0.4 is 9.47 Å². The van der Waals surface area contributed by atoms with Crippen LogP contribution in [0.3, 0.4) is 0 Å². The maximum Gasteiger partial charge on any atom is 0.330 e. The van der Waals surface area contributed by atoms with Crippen molar-refractivity contribution < 1.29 is 28.1 Å². The molecule has 2 atom stereocenters. The van der Waals surface area contributed by atoms with Crippen LogP contribution in [0, 0.1) is 5.82 Å². The second-order valence-electron chi connectivity index (χ2n) is 10.8. The number of aromatic nitrogens is 2. The smallest absolute Gasteiger partial charge is 0.330 e. The van der Waals surface area contributed by atoms with Gasteiger partial charge in [-0.05, 0) is 76.0 Å². The lowest BCUT2D eigenvalue weighted by Crippen LogP contribution is -2.34. The number of benzene rings is 2. The topological polar surface area (TPSA) is 75.0 Å². The SMILES string of the molecule is CCOC(=O)/C=C/c1cnc(CN2CCC(c3cccc4c3O[C@@](C)(c3ccc(Cl)cc3F)O4)CC2)n1C[C@@H](C)OC. The molecule has 0 N–H and O–H groups in total. The Kier molecular flexibility index (Phi) is 9.20. The van der Waals surface area contributed by atoms with Gasteiger partial charge in [0, 0.05) is 30.7 Å². The van der Waals surface area contributed by atoms with E-state index in [4.69, 9.17) is 35.5 Å². The van der Waals surface area contributed by atoms with Crippen molar-refractivity contribution in [2.45, 2.75) is 64.5 Å². The Balaban J connectivity index is 1.27. The van der Waals surface area contributed by atoms with Gasteiger partial charge in [-0.1, -0.05) is 23.7 Å². The molecule has 0 radical (unpaired) electrons. The molecule has 3 heterocycles. The highest BCUT2D eigenvalue weighted by atomic mass is 35.5. The minimum Gasteiger partial charge on any atom is -0.463 e. The van der Waals surface area contributed by atoms with Gasteiger partial charge in [-0.15, -0.1) is 0 Å². The Hall–Kier alpha value is -3.40. The molecule has 0 amide bonds. The lowest BCUT2D eigenvalue weighted by atomic mass is 9.88. The molecule has 0 saturated carbocycles. The number of methoxy groups -OCH3 is 1. The van der Waals surface area contributed by atoms with Gasteiger partial charge < -0.3 is 23.5 Å². The van der Waals surface area contributed by atoms with Crippen molar-refractivity contribution in [3.8, 4) is 11.5 Å². The van der Waals surface area contributed by atoms with Crippen molar-refractivity contribution in [3.05, 3.63) is 82.2 Å². The fourth-order valence-corrected chi connectivity index (χ4v) is 5.77. The molecule has 10 heteroatoms. The summed E-state index contributed by atoms with van der Waals surface area (Å²) in [6.45, 7) is 8.89. The number of rotatable bonds is 10. The molecule has 42 heavy (non-hydrogen) atoms. The normalized spacial score (nSPS) is 19.9. The number of likely N-dealkylation sites (tertiary alicyclic amines) is 1. The van der Waals surface area contributed by atoms with Gasteiger partial charge in [0.1, 0.15) is 11.6 Å². The first-order valence-corrected chi connectivity index (χ1v) is 14.7. The molecule has 8 nitrogen and oxygen atoms in total. The highest BCUT2D eigenvalue weighted by molar-refractivity contribution is 6.30. The number of halogens is 2. The first-order chi connectivity index (χ1) is 20.2. The molecule has 0 aliphatic carbocycles. The van der Waals surface area contributed by atoms with Crippen molar-refractivity contribution in [2.75, 3.05) is 26.8 Å². The summed E-state index contributed by atoms with van der Waals surface area (Å²) < 4.78 is 39.9. The summed E-state index contributed by atoms with van der Waals surface area (Å²) >= 11 is 5.97. The second-order valence-corrected chi connectivity index (χ2v) is 11.3. The van der Waals surface area contributed by atoms with Crippen LogP contribution in [-0.4, -0.2) is 53.3 Å². The molecule has 5 rings (SSSR count). The Bertz CT molecular complexity index is 1450. The Morgan fingerprint density at radius 2 is 2.05 bits per heavy atom. The van der Waals surface area contributed by atoms with E-state index >= 15 is 0 Å². The van der Waals surface area contributed by atoms with E-state index in [1.54, 1.807) is 45.4 Å². The molecule has 1 aromatic heterocycles. The van der Waals surface area contributed by atoms with Gasteiger partial charge in [0.15, 0.2) is 11.5 Å². The molecular weight excluding hydrogens is 561 g/mol. The van der Waals surface area contributed by atoms with Crippen molar-refractivity contribution >= 4 is 23.6 Å². The number of carbonyl (C=O) groups excluding carboxylic acids is 1. The summed E-state index contributed by atoms with van der Waals surface area (Å²) in [6, 6.07) is 10.4. The highest BCUT2D eigenvalue weighted by Gasteiger charge is 2.43. The molecular formula is C32H37ClFN3O5. The number of esters is 1. The summed E-state index contributed by atoms with van der Waals surface area (Å²) in [5.41, 5.74) is 2.21. The van der Waals surface area contributed by atoms with Crippen LogP contribution in [0.1, 0.15) is 62.2 Å². The fourth-order valence-electron chi connectivity index (χ4n) is 5.61. The van der Waals surface area contributed by atoms with Gasteiger partial charge in [0.25, 0.3) is 5.79 Å². The lowest BCUT2D eigenvalue weighted by molar-refractivity contribution is -0.137. The largest absolute Gasteiger partial charge is 0.463 e. The molecule has 1 fully saturated rings. The number of hydrogen-bond acceptors (Lipinski definition) is 7. The molecule has 0 unspecified atom stereocenters. The van der Waals surface area contributed by atoms with E-state index in [-0.39, 0.29) is 18.0 Å². The predicted octanol–water partition coefficient (Wildman–Crippen LogP) is 6.31. The van der Waals surface area contributed by atoms with Gasteiger partial charge >= 0.3 is 5.97 Å². The molecule has 3 aromatic rings. The van der Waals surface area contributed by atoms with E-state index in [0.717, 1.165) is 43.0 Å². The number of para-hydroxylation sites is 1. The molecule has 2 aliphatic rings. The van der Waals surface area contributed by atoms with Crippen LogP contribution in [0.4, 0.5) is 4.39 Å². The molecule has 0 bridgehead atoms. The minimum absolute atomic E-state index is 0.0205. The number of hydrogen-bond donors (Lipinski definition) is 0. The third-order valence-corrected chi connectivity index (χ3v) is 8.15. The average Bonchev–Trinajstić information content (AvgIpc) is 3.52. The molecule has 0 spiro atoms. The minimum atomic E-state index is -1.27. The molecule has 2 aliphatic heterocycles. The highest BCUT2D eigenvalue weighted by Crippen LogP contribution is 2.49. The first kappa shape index (κ1) is 30.1. The number of imidazole rings is 1. The summed E-state index contributed by atoms with van der Waals surface area (Å²) in [6.07, 6.45) is 6.79. The number of nitrogens with zero attached hydrogens (tertiary/aromatic N) is 3. The van der Waals surface area contributed by atoms with Gasteiger partial charge in [-0.2, -0.15) is 0 Å². The zero-order valence-corrected chi connectivity index (χ0v) is 25.2. The van der Waals surface area contributed by atoms with Gasteiger partial charge in [-0.3, -0.25) is 4.90 Å². The average molecular weight is 598 g/mol. The number of fused-ring (bicyclic) bond motifs is 1.